The topological polar surface area (TPSA) is 48.1 Å². The van der Waals surface area contributed by atoms with E-state index in [1.807, 2.05) is 0 Å². The van der Waals surface area contributed by atoms with Gasteiger partial charge in [0.2, 0.25) is 0 Å². The summed E-state index contributed by atoms with van der Waals surface area (Å²) in [6.45, 7) is 0. The van der Waals surface area contributed by atoms with Gasteiger partial charge in [-0.2, -0.15) is 0 Å². The average molecular weight is 218 g/mol. The first-order valence-electron chi connectivity index (χ1n) is 4.76. The van der Waals surface area contributed by atoms with Crippen molar-refractivity contribution in [3.05, 3.63) is 42.5 Å². The molecule has 4 heteroatoms. The Labute approximate surface area is 92.7 Å². The molecule has 0 radical (unpaired) electrons. The van der Waals surface area contributed by atoms with Gasteiger partial charge in [-0.3, -0.25) is 4.98 Å². The van der Waals surface area contributed by atoms with Gasteiger partial charge in [0, 0.05) is 23.5 Å². The second-order valence-corrected chi connectivity index (χ2v) is 3.33. The SMILES string of the molecule is COc1cccc(-c2cncc(N)c2)c1F. The van der Waals surface area contributed by atoms with Crippen LogP contribution in [-0.2, 0) is 0 Å². The number of nitrogen functional groups attached to an aromatic ring is 1. The number of pyridine rings is 1. The molecule has 82 valence electrons. The zero-order valence-corrected chi connectivity index (χ0v) is 8.77. The molecule has 1 aromatic carbocycles. The lowest BCUT2D eigenvalue weighted by Gasteiger charge is -2.07. The van der Waals surface area contributed by atoms with Crippen molar-refractivity contribution in [3.63, 3.8) is 0 Å². The number of benzene rings is 1. The molecule has 0 saturated heterocycles. The Bertz CT molecular complexity index is 514. The second-order valence-electron chi connectivity index (χ2n) is 3.33. The molecule has 0 fully saturated rings. The van der Waals surface area contributed by atoms with E-state index in [0.29, 0.717) is 16.8 Å². The van der Waals surface area contributed by atoms with Crippen molar-refractivity contribution in [1.82, 2.24) is 4.98 Å². The highest BCUT2D eigenvalue weighted by Crippen LogP contribution is 2.29. The van der Waals surface area contributed by atoms with Crippen molar-refractivity contribution in [1.29, 1.82) is 0 Å². The second kappa shape index (κ2) is 4.18. The van der Waals surface area contributed by atoms with Crippen molar-refractivity contribution >= 4 is 5.69 Å². The molecule has 0 saturated carbocycles. The maximum absolute atomic E-state index is 13.9. The number of anilines is 1. The van der Waals surface area contributed by atoms with Crippen LogP contribution in [0.2, 0.25) is 0 Å². The number of hydrogen-bond donors (Lipinski definition) is 1. The summed E-state index contributed by atoms with van der Waals surface area (Å²) in [7, 11) is 1.43. The predicted octanol–water partition coefficient (Wildman–Crippen LogP) is 2.48. The van der Waals surface area contributed by atoms with Gasteiger partial charge in [0.25, 0.3) is 0 Å². The van der Waals surface area contributed by atoms with Crippen LogP contribution in [0.3, 0.4) is 0 Å². The van der Waals surface area contributed by atoms with Crippen molar-refractivity contribution in [2.75, 3.05) is 12.8 Å². The van der Waals surface area contributed by atoms with Gasteiger partial charge in [0.1, 0.15) is 0 Å². The molecule has 3 nitrogen and oxygen atoms in total. The van der Waals surface area contributed by atoms with E-state index >= 15 is 0 Å². The van der Waals surface area contributed by atoms with Gasteiger partial charge in [-0.1, -0.05) is 12.1 Å². The van der Waals surface area contributed by atoms with Gasteiger partial charge in [-0.05, 0) is 12.1 Å². The number of halogens is 1. The quantitative estimate of drug-likeness (QED) is 0.842. The Morgan fingerprint density at radius 1 is 1.31 bits per heavy atom. The molecule has 0 aliphatic rings. The molecule has 0 amide bonds. The number of nitrogens with zero attached hydrogens (tertiary/aromatic N) is 1. The fourth-order valence-corrected chi connectivity index (χ4v) is 1.50. The summed E-state index contributed by atoms with van der Waals surface area (Å²) in [6, 6.07) is 6.62. The fraction of sp³-hybridized carbons (Fsp3) is 0.0833. The van der Waals surface area contributed by atoms with E-state index in [1.54, 1.807) is 30.5 Å². The van der Waals surface area contributed by atoms with Crippen molar-refractivity contribution in [3.8, 4) is 16.9 Å². The highest BCUT2D eigenvalue weighted by molar-refractivity contribution is 5.68. The highest BCUT2D eigenvalue weighted by atomic mass is 19.1. The largest absolute Gasteiger partial charge is 0.494 e. The van der Waals surface area contributed by atoms with Gasteiger partial charge in [-0.15, -0.1) is 0 Å². The molecular weight excluding hydrogens is 207 g/mol. The maximum Gasteiger partial charge on any atom is 0.172 e. The molecule has 0 spiro atoms. The smallest absolute Gasteiger partial charge is 0.172 e. The van der Waals surface area contributed by atoms with Crippen LogP contribution in [0.4, 0.5) is 10.1 Å². The Kier molecular flexibility index (Phi) is 2.72. The lowest BCUT2D eigenvalue weighted by atomic mass is 10.1. The molecule has 2 N–H and O–H groups in total. The molecule has 0 atom stereocenters. The summed E-state index contributed by atoms with van der Waals surface area (Å²) in [5.74, 6) is -0.197. The van der Waals surface area contributed by atoms with E-state index in [1.165, 1.54) is 13.3 Å². The third-order valence-electron chi connectivity index (χ3n) is 2.25. The summed E-state index contributed by atoms with van der Waals surface area (Å²) in [5, 5.41) is 0. The summed E-state index contributed by atoms with van der Waals surface area (Å²) in [6.07, 6.45) is 3.08. The normalized spacial score (nSPS) is 10.1. The van der Waals surface area contributed by atoms with Gasteiger partial charge in [0.05, 0.1) is 12.8 Å². The standard InChI is InChI=1S/C12H11FN2O/c1-16-11-4-2-3-10(12(11)13)8-5-9(14)7-15-6-8/h2-7H,14H2,1H3. The zero-order chi connectivity index (χ0) is 11.5. The minimum Gasteiger partial charge on any atom is -0.494 e. The number of ether oxygens (including phenoxy) is 1. The van der Waals surface area contributed by atoms with Gasteiger partial charge in [0.15, 0.2) is 11.6 Å². The summed E-state index contributed by atoms with van der Waals surface area (Å²) in [5.41, 5.74) is 7.17. The van der Waals surface area contributed by atoms with Crippen LogP contribution in [0.5, 0.6) is 5.75 Å². The molecule has 0 unspecified atom stereocenters. The maximum atomic E-state index is 13.9. The minimum atomic E-state index is -0.405. The van der Waals surface area contributed by atoms with E-state index in [2.05, 4.69) is 4.98 Å². The van der Waals surface area contributed by atoms with Gasteiger partial charge >= 0.3 is 0 Å². The molecule has 0 bridgehead atoms. The van der Waals surface area contributed by atoms with Crippen molar-refractivity contribution in [2.24, 2.45) is 0 Å². The van der Waals surface area contributed by atoms with E-state index in [-0.39, 0.29) is 5.75 Å². The molecule has 16 heavy (non-hydrogen) atoms. The lowest BCUT2D eigenvalue weighted by molar-refractivity contribution is 0.387. The first-order chi connectivity index (χ1) is 7.72. The van der Waals surface area contributed by atoms with Crippen LogP contribution in [-0.4, -0.2) is 12.1 Å². The van der Waals surface area contributed by atoms with Gasteiger partial charge in [-0.25, -0.2) is 4.39 Å². The number of methoxy groups -OCH3 is 1. The number of aromatic nitrogens is 1. The van der Waals surface area contributed by atoms with Crippen LogP contribution in [0, 0.1) is 5.82 Å². The number of rotatable bonds is 2. The molecule has 2 aromatic rings. The van der Waals surface area contributed by atoms with Gasteiger partial charge < -0.3 is 10.5 Å². The van der Waals surface area contributed by atoms with Crippen LogP contribution < -0.4 is 10.5 Å². The molecular formula is C12H11FN2O. The Morgan fingerprint density at radius 2 is 2.12 bits per heavy atom. The molecule has 2 rings (SSSR count). The number of nitrogens with two attached hydrogens (primary N) is 1. The van der Waals surface area contributed by atoms with Crippen LogP contribution in [0.15, 0.2) is 36.7 Å². The Hall–Kier alpha value is -2.10. The average Bonchev–Trinajstić information content (AvgIpc) is 2.29. The highest BCUT2D eigenvalue weighted by Gasteiger charge is 2.10. The summed E-state index contributed by atoms with van der Waals surface area (Å²) < 4.78 is 18.8. The predicted molar refractivity (Wildman–Crippen MR) is 60.6 cm³/mol. The first-order valence-corrected chi connectivity index (χ1v) is 4.76. The molecule has 0 aliphatic carbocycles. The molecule has 1 aromatic heterocycles. The van der Waals surface area contributed by atoms with Crippen molar-refractivity contribution in [2.45, 2.75) is 0 Å². The summed E-state index contributed by atoms with van der Waals surface area (Å²) >= 11 is 0. The lowest BCUT2D eigenvalue weighted by Crippen LogP contribution is -1.93. The monoisotopic (exact) mass is 218 g/mol. The van der Waals surface area contributed by atoms with Crippen LogP contribution >= 0.6 is 0 Å². The zero-order valence-electron chi connectivity index (χ0n) is 8.77. The Balaban J connectivity index is 2.56. The Morgan fingerprint density at radius 3 is 2.81 bits per heavy atom. The summed E-state index contributed by atoms with van der Waals surface area (Å²) in [4.78, 5) is 3.92. The van der Waals surface area contributed by atoms with Crippen LogP contribution in [0.25, 0.3) is 11.1 Å². The number of hydrogen-bond acceptors (Lipinski definition) is 3. The molecule has 1 heterocycles. The molecule has 0 aliphatic heterocycles. The third-order valence-corrected chi connectivity index (χ3v) is 2.25. The van der Waals surface area contributed by atoms with E-state index < -0.39 is 5.82 Å². The fourth-order valence-electron chi connectivity index (χ4n) is 1.50. The van der Waals surface area contributed by atoms with Crippen LogP contribution in [0.1, 0.15) is 0 Å². The van der Waals surface area contributed by atoms with E-state index in [4.69, 9.17) is 10.5 Å². The van der Waals surface area contributed by atoms with E-state index in [0.717, 1.165) is 0 Å². The van der Waals surface area contributed by atoms with Crippen molar-refractivity contribution < 1.29 is 9.13 Å². The van der Waals surface area contributed by atoms with E-state index in [9.17, 15) is 4.39 Å². The third kappa shape index (κ3) is 1.82. The first kappa shape index (κ1) is 10.4. The minimum absolute atomic E-state index is 0.208.